The molecule has 1 heterocycles. The molecule has 1 unspecified atom stereocenters. The molecule has 1 nitrogen and oxygen atoms in total. The summed E-state index contributed by atoms with van der Waals surface area (Å²) in [6, 6.07) is 11.2. The van der Waals surface area contributed by atoms with E-state index in [4.69, 9.17) is 0 Å². The van der Waals surface area contributed by atoms with Gasteiger partial charge >= 0.3 is 0 Å². The maximum absolute atomic E-state index is 3.54. The number of halogens is 1. The summed E-state index contributed by atoms with van der Waals surface area (Å²) in [7, 11) is 0. The number of benzene rings is 1. The fourth-order valence-electron chi connectivity index (χ4n) is 2.37. The fourth-order valence-corrected chi connectivity index (χ4v) is 3.93. The van der Waals surface area contributed by atoms with E-state index in [0.29, 0.717) is 5.92 Å². The highest BCUT2D eigenvalue weighted by atomic mass is 79.9. The third kappa shape index (κ3) is 5.04. The molecule has 0 spiro atoms. The Kier molecular flexibility index (Phi) is 6.27. The third-order valence-electron chi connectivity index (χ3n) is 3.44. The quantitative estimate of drug-likeness (QED) is 0.753. The predicted octanol–water partition coefficient (Wildman–Crippen LogP) is 4.83. The highest BCUT2D eigenvalue weighted by Gasteiger charge is 2.12. The first-order chi connectivity index (χ1) is 9.67. The number of thiophene rings is 1. The summed E-state index contributed by atoms with van der Waals surface area (Å²) < 4.78 is 1.20. The minimum atomic E-state index is 0.656. The van der Waals surface area contributed by atoms with Crippen LogP contribution in [-0.2, 0) is 12.8 Å². The largest absolute Gasteiger partial charge is 0.317 e. The van der Waals surface area contributed by atoms with E-state index < -0.39 is 0 Å². The van der Waals surface area contributed by atoms with Gasteiger partial charge in [0.05, 0.1) is 0 Å². The van der Waals surface area contributed by atoms with Crippen molar-refractivity contribution >= 4 is 27.3 Å². The lowest BCUT2D eigenvalue weighted by atomic mass is 9.95. The summed E-state index contributed by atoms with van der Waals surface area (Å²) in [5.41, 5.74) is 2.77. The van der Waals surface area contributed by atoms with Crippen LogP contribution in [0.1, 0.15) is 22.9 Å². The average molecular weight is 352 g/mol. The van der Waals surface area contributed by atoms with Crippen molar-refractivity contribution < 1.29 is 0 Å². The molecule has 0 aliphatic heterocycles. The van der Waals surface area contributed by atoms with E-state index in [1.165, 1.54) is 20.5 Å². The van der Waals surface area contributed by atoms with Gasteiger partial charge in [-0.2, -0.15) is 0 Å². The number of nitrogens with one attached hydrogen (secondary N) is 1. The molecule has 1 N–H and O–H groups in total. The van der Waals surface area contributed by atoms with Gasteiger partial charge < -0.3 is 5.32 Å². The van der Waals surface area contributed by atoms with Gasteiger partial charge in [-0.15, -0.1) is 11.3 Å². The molecule has 1 aromatic heterocycles. The molecular formula is C17H22BrNS. The molecule has 2 rings (SSSR count). The summed E-state index contributed by atoms with van der Waals surface area (Å²) in [6.45, 7) is 6.44. The van der Waals surface area contributed by atoms with Gasteiger partial charge in [0.2, 0.25) is 0 Å². The lowest BCUT2D eigenvalue weighted by molar-refractivity contribution is 0.481. The van der Waals surface area contributed by atoms with Gasteiger partial charge in [0.25, 0.3) is 0 Å². The van der Waals surface area contributed by atoms with Crippen molar-refractivity contribution in [2.75, 3.05) is 13.1 Å². The van der Waals surface area contributed by atoms with Gasteiger partial charge in [0.1, 0.15) is 0 Å². The van der Waals surface area contributed by atoms with Gasteiger partial charge in [0, 0.05) is 14.7 Å². The van der Waals surface area contributed by atoms with Crippen molar-refractivity contribution in [2.45, 2.75) is 26.7 Å². The van der Waals surface area contributed by atoms with Crippen LogP contribution in [0.5, 0.6) is 0 Å². The summed E-state index contributed by atoms with van der Waals surface area (Å²) in [5.74, 6) is 0.656. The fraction of sp³-hybridized carbons (Fsp3) is 0.412. The van der Waals surface area contributed by atoms with Crippen molar-refractivity contribution in [3.63, 3.8) is 0 Å². The molecule has 0 saturated carbocycles. The predicted molar refractivity (Wildman–Crippen MR) is 92.6 cm³/mol. The molecule has 0 amide bonds. The van der Waals surface area contributed by atoms with Crippen LogP contribution in [0.15, 0.2) is 40.2 Å². The first-order valence-corrected chi connectivity index (χ1v) is 8.83. The van der Waals surface area contributed by atoms with E-state index in [-0.39, 0.29) is 0 Å². The second-order valence-corrected chi connectivity index (χ2v) is 7.21. The Morgan fingerprint density at radius 3 is 2.55 bits per heavy atom. The van der Waals surface area contributed by atoms with Gasteiger partial charge in [-0.1, -0.05) is 36.8 Å². The molecule has 0 fully saturated rings. The van der Waals surface area contributed by atoms with Crippen LogP contribution in [0, 0.1) is 12.8 Å². The molecule has 1 atom stereocenters. The maximum Gasteiger partial charge on any atom is 0.0285 e. The van der Waals surface area contributed by atoms with Gasteiger partial charge in [-0.3, -0.25) is 0 Å². The van der Waals surface area contributed by atoms with Crippen LogP contribution >= 0.6 is 27.3 Å². The average Bonchev–Trinajstić information content (AvgIpc) is 2.84. The minimum absolute atomic E-state index is 0.656. The molecule has 0 radical (unpaired) electrons. The molecule has 2 aromatic rings. The van der Waals surface area contributed by atoms with Gasteiger partial charge in [0.15, 0.2) is 0 Å². The first-order valence-electron chi connectivity index (χ1n) is 7.16. The number of hydrogen-bond acceptors (Lipinski definition) is 2. The summed E-state index contributed by atoms with van der Waals surface area (Å²) in [6.07, 6.45) is 2.29. The van der Waals surface area contributed by atoms with Crippen molar-refractivity contribution in [1.29, 1.82) is 0 Å². The highest BCUT2D eigenvalue weighted by Crippen LogP contribution is 2.24. The van der Waals surface area contributed by atoms with Gasteiger partial charge in [-0.05, 0) is 66.3 Å². The SMILES string of the molecule is CCNCC(Cc1ccc(C)cc1)Cc1cc(Br)cs1. The lowest BCUT2D eigenvalue weighted by Crippen LogP contribution is -2.25. The van der Waals surface area contributed by atoms with Crippen LogP contribution in [-0.4, -0.2) is 13.1 Å². The summed E-state index contributed by atoms with van der Waals surface area (Å²) >= 11 is 5.39. The second-order valence-electron chi connectivity index (χ2n) is 5.30. The van der Waals surface area contributed by atoms with Crippen LogP contribution < -0.4 is 5.32 Å². The molecule has 0 aliphatic rings. The summed E-state index contributed by atoms with van der Waals surface area (Å²) in [5, 5.41) is 5.67. The smallest absolute Gasteiger partial charge is 0.0285 e. The maximum atomic E-state index is 3.54. The zero-order valence-corrected chi connectivity index (χ0v) is 14.6. The van der Waals surface area contributed by atoms with Crippen molar-refractivity contribution in [3.05, 3.63) is 56.2 Å². The molecule has 0 aliphatic carbocycles. The lowest BCUT2D eigenvalue weighted by Gasteiger charge is -2.17. The monoisotopic (exact) mass is 351 g/mol. The Bertz CT molecular complexity index is 518. The standard InChI is InChI=1S/C17H22BrNS/c1-3-19-11-15(9-17-10-16(18)12-20-17)8-14-6-4-13(2)5-7-14/h4-7,10,12,15,19H,3,8-9,11H2,1-2H3. The van der Waals surface area contributed by atoms with Crippen LogP contribution in [0.2, 0.25) is 0 Å². The highest BCUT2D eigenvalue weighted by molar-refractivity contribution is 9.10. The topological polar surface area (TPSA) is 12.0 Å². The van der Waals surface area contributed by atoms with Crippen LogP contribution in [0.25, 0.3) is 0 Å². The van der Waals surface area contributed by atoms with Crippen LogP contribution in [0.3, 0.4) is 0 Å². The Labute approximate surface area is 134 Å². The van der Waals surface area contributed by atoms with Crippen molar-refractivity contribution in [2.24, 2.45) is 5.92 Å². The van der Waals surface area contributed by atoms with Gasteiger partial charge in [-0.25, -0.2) is 0 Å². The van der Waals surface area contributed by atoms with Crippen molar-refractivity contribution in [3.8, 4) is 0 Å². The first kappa shape index (κ1) is 15.7. The van der Waals surface area contributed by atoms with E-state index in [0.717, 1.165) is 25.9 Å². The molecule has 20 heavy (non-hydrogen) atoms. The number of hydrogen-bond donors (Lipinski definition) is 1. The van der Waals surface area contributed by atoms with E-state index >= 15 is 0 Å². The molecule has 0 bridgehead atoms. The molecule has 0 saturated heterocycles. The molecule has 1 aromatic carbocycles. The molecular weight excluding hydrogens is 330 g/mol. The zero-order chi connectivity index (χ0) is 14.4. The molecule has 108 valence electrons. The number of aryl methyl sites for hydroxylation is 1. The zero-order valence-electron chi connectivity index (χ0n) is 12.2. The second kappa shape index (κ2) is 7.96. The Morgan fingerprint density at radius 1 is 1.20 bits per heavy atom. The number of rotatable bonds is 7. The van der Waals surface area contributed by atoms with E-state index in [2.05, 4.69) is 70.8 Å². The van der Waals surface area contributed by atoms with Crippen molar-refractivity contribution in [1.82, 2.24) is 5.32 Å². The minimum Gasteiger partial charge on any atom is -0.317 e. The summed E-state index contributed by atoms with van der Waals surface area (Å²) in [4.78, 5) is 1.46. The van der Waals surface area contributed by atoms with E-state index in [1.807, 2.05) is 11.3 Å². The Balaban J connectivity index is 2.00. The Hall–Kier alpha value is -0.640. The van der Waals surface area contributed by atoms with E-state index in [9.17, 15) is 0 Å². The third-order valence-corrected chi connectivity index (χ3v) is 5.16. The normalized spacial score (nSPS) is 12.6. The Morgan fingerprint density at radius 2 is 1.95 bits per heavy atom. The van der Waals surface area contributed by atoms with Crippen LogP contribution in [0.4, 0.5) is 0 Å². The van der Waals surface area contributed by atoms with E-state index in [1.54, 1.807) is 0 Å². The molecule has 3 heteroatoms.